The van der Waals surface area contributed by atoms with Crippen LogP contribution in [-0.4, -0.2) is 31.2 Å². The lowest BCUT2D eigenvalue weighted by Gasteiger charge is -2.27. The van der Waals surface area contributed by atoms with Crippen LogP contribution in [0.15, 0.2) is 0 Å². The molecule has 3 rings (SSSR count). The van der Waals surface area contributed by atoms with Crippen molar-refractivity contribution in [2.75, 3.05) is 13.2 Å². The monoisotopic (exact) mass is 266 g/mol. The number of rotatable bonds is 4. The molecule has 1 saturated heterocycles. The zero-order valence-electron chi connectivity index (χ0n) is 11.6. The highest BCUT2D eigenvalue weighted by Gasteiger charge is 2.48. The summed E-state index contributed by atoms with van der Waals surface area (Å²) in [5, 5.41) is 3.09. The normalized spacial score (nSPS) is 41.4. The van der Waals surface area contributed by atoms with Gasteiger partial charge >= 0.3 is 0 Å². The van der Waals surface area contributed by atoms with Crippen LogP contribution in [0.4, 0.5) is 0 Å². The molecule has 0 radical (unpaired) electrons. The molecule has 0 aromatic carbocycles. The summed E-state index contributed by atoms with van der Waals surface area (Å²) in [6.45, 7) is 1.62. The van der Waals surface area contributed by atoms with E-state index in [2.05, 4.69) is 5.32 Å². The summed E-state index contributed by atoms with van der Waals surface area (Å²) in [6, 6.07) is 0.102. The van der Waals surface area contributed by atoms with Crippen LogP contribution in [0.5, 0.6) is 0 Å². The first-order valence-corrected chi connectivity index (χ1v) is 7.90. The summed E-state index contributed by atoms with van der Waals surface area (Å²) in [6.07, 6.45) is 8.48. The molecule has 1 heterocycles. The van der Waals surface area contributed by atoms with Gasteiger partial charge in [-0.2, -0.15) is 0 Å². The molecule has 5 unspecified atom stereocenters. The largest absolute Gasteiger partial charge is 0.378 e. The maximum Gasteiger partial charge on any atom is 0.224 e. The molecule has 0 aromatic rings. The fourth-order valence-corrected chi connectivity index (χ4v) is 4.23. The average Bonchev–Trinajstić information content (AvgIpc) is 3.00. The second-order valence-electron chi connectivity index (χ2n) is 6.50. The second kappa shape index (κ2) is 5.80. The van der Waals surface area contributed by atoms with E-state index in [0.717, 1.165) is 26.0 Å². The van der Waals surface area contributed by atoms with Gasteiger partial charge in [0.2, 0.25) is 5.91 Å². The minimum Gasteiger partial charge on any atom is -0.378 e. The van der Waals surface area contributed by atoms with Crippen LogP contribution in [-0.2, 0) is 9.53 Å². The maximum atomic E-state index is 12.3. The highest BCUT2D eigenvalue weighted by Crippen LogP contribution is 2.47. The zero-order valence-corrected chi connectivity index (χ0v) is 11.6. The standard InChI is InChI=1S/C15H26N2O2/c16-14-11-5-4-10(9-11)13(14)15(18)17-7-6-12-3-1-2-8-19-12/h10-14H,1-9,16H2,(H,17,18). The van der Waals surface area contributed by atoms with E-state index in [4.69, 9.17) is 10.5 Å². The lowest BCUT2D eigenvalue weighted by molar-refractivity contribution is -0.127. The van der Waals surface area contributed by atoms with Crippen molar-refractivity contribution in [1.29, 1.82) is 0 Å². The van der Waals surface area contributed by atoms with Gasteiger partial charge in [0.15, 0.2) is 0 Å². The Morgan fingerprint density at radius 2 is 2.05 bits per heavy atom. The van der Waals surface area contributed by atoms with Crippen molar-refractivity contribution in [3.63, 3.8) is 0 Å². The third kappa shape index (κ3) is 2.79. The molecular weight excluding hydrogens is 240 g/mol. The van der Waals surface area contributed by atoms with E-state index in [1.165, 1.54) is 32.1 Å². The Labute approximate surface area is 115 Å². The van der Waals surface area contributed by atoms with Crippen LogP contribution >= 0.6 is 0 Å². The van der Waals surface area contributed by atoms with Crippen LogP contribution in [0, 0.1) is 17.8 Å². The van der Waals surface area contributed by atoms with Gasteiger partial charge in [0.25, 0.3) is 0 Å². The number of amides is 1. The van der Waals surface area contributed by atoms with Crippen LogP contribution in [0.2, 0.25) is 0 Å². The van der Waals surface area contributed by atoms with Gasteiger partial charge in [0.1, 0.15) is 0 Å². The number of nitrogens with two attached hydrogens (primary N) is 1. The van der Waals surface area contributed by atoms with E-state index < -0.39 is 0 Å². The molecule has 3 N–H and O–H groups in total. The molecule has 19 heavy (non-hydrogen) atoms. The second-order valence-corrected chi connectivity index (χ2v) is 6.50. The quantitative estimate of drug-likeness (QED) is 0.809. The Morgan fingerprint density at radius 3 is 2.74 bits per heavy atom. The third-order valence-electron chi connectivity index (χ3n) is 5.32. The number of hydrogen-bond donors (Lipinski definition) is 2. The van der Waals surface area contributed by atoms with Gasteiger partial charge in [0, 0.05) is 19.2 Å². The molecule has 4 heteroatoms. The SMILES string of the molecule is NC1C2CCC(C2)C1C(=O)NCCC1CCCCO1. The van der Waals surface area contributed by atoms with Gasteiger partial charge in [-0.05, 0) is 56.8 Å². The van der Waals surface area contributed by atoms with Crippen molar-refractivity contribution in [2.45, 2.75) is 57.1 Å². The maximum absolute atomic E-state index is 12.3. The van der Waals surface area contributed by atoms with Crippen LogP contribution in [0.3, 0.4) is 0 Å². The molecule has 5 atom stereocenters. The number of carbonyl (C=O) groups is 1. The summed E-state index contributed by atoms with van der Waals surface area (Å²) >= 11 is 0. The summed E-state index contributed by atoms with van der Waals surface area (Å²) in [5.41, 5.74) is 6.19. The molecule has 0 aromatic heterocycles. The molecule has 2 aliphatic carbocycles. The third-order valence-corrected chi connectivity index (χ3v) is 5.32. The van der Waals surface area contributed by atoms with Gasteiger partial charge in [-0.3, -0.25) is 4.79 Å². The number of carbonyl (C=O) groups excluding carboxylic acids is 1. The van der Waals surface area contributed by atoms with E-state index in [0.29, 0.717) is 17.9 Å². The lowest BCUT2D eigenvalue weighted by atomic mass is 9.84. The molecular formula is C15H26N2O2. The van der Waals surface area contributed by atoms with Crippen molar-refractivity contribution in [2.24, 2.45) is 23.5 Å². The predicted octanol–water partition coefficient (Wildman–Crippen LogP) is 1.44. The van der Waals surface area contributed by atoms with Gasteiger partial charge in [0.05, 0.1) is 12.0 Å². The molecule has 108 valence electrons. The van der Waals surface area contributed by atoms with Crippen LogP contribution < -0.4 is 11.1 Å². The van der Waals surface area contributed by atoms with Crippen molar-refractivity contribution in [3.8, 4) is 0 Å². The van der Waals surface area contributed by atoms with Crippen LogP contribution in [0.1, 0.15) is 44.9 Å². The Balaban J connectivity index is 1.41. The lowest BCUT2D eigenvalue weighted by Crippen LogP contribution is -2.45. The highest BCUT2D eigenvalue weighted by atomic mass is 16.5. The molecule has 2 bridgehead atoms. The van der Waals surface area contributed by atoms with E-state index >= 15 is 0 Å². The summed E-state index contributed by atoms with van der Waals surface area (Å²) in [5.74, 6) is 1.41. The van der Waals surface area contributed by atoms with Crippen molar-refractivity contribution < 1.29 is 9.53 Å². The topological polar surface area (TPSA) is 64.4 Å². The fourth-order valence-electron chi connectivity index (χ4n) is 4.23. The minimum absolute atomic E-state index is 0.0750. The number of nitrogens with one attached hydrogen (secondary N) is 1. The highest BCUT2D eigenvalue weighted by molar-refractivity contribution is 5.80. The minimum atomic E-state index is 0.0750. The van der Waals surface area contributed by atoms with E-state index in [9.17, 15) is 4.79 Å². The Kier molecular flexibility index (Phi) is 4.08. The first-order valence-electron chi connectivity index (χ1n) is 7.90. The van der Waals surface area contributed by atoms with E-state index in [-0.39, 0.29) is 17.9 Å². The smallest absolute Gasteiger partial charge is 0.224 e. The van der Waals surface area contributed by atoms with Crippen LogP contribution in [0.25, 0.3) is 0 Å². The van der Waals surface area contributed by atoms with Gasteiger partial charge in [-0.25, -0.2) is 0 Å². The Morgan fingerprint density at radius 1 is 1.21 bits per heavy atom. The van der Waals surface area contributed by atoms with Gasteiger partial charge in [-0.1, -0.05) is 0 Å². The number of fused-ring (bicyclic) bond motifs is 2. The predicted molar refractivity (Wildman–Crippen MR) is 73.5 cm³/mol. The van der Waals surface area contributed by atoms with Gasteiger partial charge < -0.3 is 15.8 Å². The number of ether oxygens (including phenoxy) is 1. The Hall–Kier alpha value is -0.610. The summed E-state index contributed by atoms with van der Waals surface area (Å²) in [4.78, 5) is 12.3. The molecule has 1 amide bonds. The molecule has 0 spiro atoms. The summed E-state index contributed by atoms with van der Waals surface area (Å²) < 4.78 is 5.68. The molecule has 1 aliphatic heterocycles. The van der Waals surface area contributed by atoms with E-state index in [1.54, 1.807) is 0 Å². The first kappa shape index (κ1) is 13.4. The van der Waals surface area contributed by atoms with Crippen molar-refractivity contribution >= 4 is 5.91 Å². The molecule has 4 nitrogen and oxygen atoms in total. The van der Waals surface area contributed by atoms with Crippen molar-refractivity contribution in [3.05, 3.63) is 0 Å². The van der Waals surface area contributed by atoms with Crippen molar-refractivity contribution in [1.82, 2.24) is 5.32 Å². The van der Waals surface area contributed by atoms with E-state index in [1.807, 2.05) is 0 Å². The first-order chi connectivity index (χ1) is 9.25. The van der Waals surface area contributed by atoms with Gasteiger partial charge in [-0.15, -0.1) is 0 Å². The zero-order chi connectivity index (χ0) is 13.2. The average molecular weight is 266 g/mol. The molecule has 3 aliphatic rings. The molecule has 2 saturated carbocycles. The molecule has 3 fully saturated rings. The fraction of sp³-hybridized carbons (Fsp3) is 0.933. The number of hydrogen-bond acceptors (Lipinski definition) is 3. The summed E-state index contributed by atoms with van der Waals surface area (Å²) in [7, 11) is 0. The Bertz CT molecular complexity index is 326.